The second-order valence-electron chi connectivity index (χ2n) is 10.2. The van der Waals surface area contributed by atoms with Gasteiger partial charge in [-0.1, -0.05) is 48.5 Å². The number of hydrogen-bond acceptors (Lipinski definition) is 8. The molecule has 1 fully saturated rings. The average Bonchev–Trinajstić information content (AvgIpc) is 3.36. The van der Waals surface area contributed by atoms with Crippen LogP contribution in [-0.4, -0.2) is 37.1 Å². The van der Waals surface area contributed by atoms with E-state index < -0.39 is 52.9 Å². The Bertz CT molecular complexity index is 1560. The number of halogens is 3. The molecule has 42 heavy (non-hydrogen) atoms. The van der Waals surface area contributed by atoms with Gasteiger partial charge in [-0.2, -0.15) is 13.2 Å². The van der Waals surface area contributed by atoms with Crippen molar-refractivity contribution in [1.82, 2.24) is 5.32 Å². The molecule has 3 aliphatic heterocycles. The summed E-state index contributed by atoms with van der Waals surface area (Å²) < 4.78 is 65.8. The molecule has 0 aliphatic carbocycles. The predicted molar refractivity (Wildman–Crippen MR) is 144 cm³/mol. The van der Waals surface area contributed by atoms with Crippen LogP contribution in [0.2, 0.25) is 0 Å². The minimum absolute atomic E-state index is 0.0527. The summed E-state index contributed by atoms with van der Waals surface area (Å²) >= 11 is 0. The van der Waals surface area contributed by atoms with Crippen molar-refractivity contribution >= 4 is 24.0 Å². The molecule has 8 nitrogen and oxygen atoms in total. The van der Waals surface area contributed by atoms with E-state index in [9.17, 15) is 22.8 Å². The van der Waals surface area contributed by atoms with Crippen molar-refractivity contribution in [1.29, 1.82) is 0 Å². The van der Waals surface area contributed by atoms with Crippen molar-refractivity contribution in [3.63, 3.8) is 0 Å². The highest BCUT2D eigenvalue weighted by atomic mass is 19.4. The number of esters is 2. The molecular weight excluding hydrogens is 553 g/mol. The number of ether oxygens (including phenoxy) is 4. The molecule has 0 amide bonds. The van der Waals surface area contributed by atoms with Gasteiger partial charge in [0.1, 0.15) is 5.75 Å². The van der Waals surface area contributed by atoms with Crippen LogP contribution in [0.15, 0.2) is 77.8 Å². The molecule has 1 N–H and O–H groups in total. The minimum atomic E-state index is -4.69. The molecular formula is C31H27F3N2O6. The molecule has 3 aromatic rings. The Morgan fingerprint density at radius 1 is 0.952 bits per heavy atom. The summed E-state index contributed by atoms with van der Waals surface area (Å²) in [6, 6.07) is 17.8. The summed E-state index contributed by atoms with van der Waals surface area (Å²) in [4.78, 5) is 32.4. The highest BCUT2D eigenvalue weighted by Crippen LogP contribution is 2.63. The third-order valence-corrected chi connectivity index (χ3v) is 7.99. The Morgan fingerprint density at radius 3 is 2.36 bits per heavy atom. The summed E-state index contributed by atoms with van der Waals surface area (Å²) in [5.74, 6) is -5.56. The highest BCUT2D eigenvalue weighted by Gasteiger charge is 2.73. The van der Waals surface area contributed by atoms with Gasteiger partial charge in [0.15, 0.2) is 6.40 Å². The standard InChI is InChI=1S/C31H27F3N2O6/c1-3-39-27(37)29(28(38)40-4-2)24(18-10-9-11-19(16-18)31(32,33)34)25-26(36-29)20-12-5-8-15-23(20)42-30(25)21-13-6-7-14-22(21)35-17-41-30/h5-17,24-26,36H,3-4H2,1-2H3/t24-,25-,26-,30+/m1/s1. The maximum absolute atomic E-state index is 14.0. The molecule has 11 heteroatoms. The number of fused-ring (bicyclic) bond motifs is 6. The lowest BCUT2D eigenvalue weighted by molar-refractivity contribution is -0.192. The number of nitrogens with zero attached hydrogens (tertiary/aromatic N) is 1. The summed E-state index contributed by atoms with van der Waals surface area (Å²) in [7, 11) is 0. The van der Waals surface area contributed by atoms with Crippen molar-refractivity contribution in [2.75, 3.05) is 13.2 Å². The summed E-state index contributed by atoms with van der Waals surface area (Å²) in [6.45, 7) is 2.98. The van der Waals surface area contributed by atoms with Crippen LogP contribution in [0.25, 0.3) is 0 Å². The Hall–Kier alpha value is -4.38. The van der Waals surface area contributed by atoms with Gasteiger partial charge in [-0.05, 0) is 43.7 Å². The van der Waals surface area contributed by atoms with Gasteiger partial charge in [0.25, 0.3) is 5.79 Å². The minimum Gasteiger partial charge on any atom is -0.464 e. The zero-order valence-corrected chi connectivity index (χ0v) is 22.7. The SMILES string of the molecule is CCOC(=O)C1(C(=O)OCC)N[C@@H]2c3ccccc3O[C@]3(OC=Nc4ccccc43)[C@@H]2[C@H]1c1cccc(C(F)(F)F)c1. The quantitative estimate of drug-likeness (QED) is 0.312. The second-order valence-corrected chi connectivity index (χ2v) is 10.2. The second kappa shape index (κ2) is 10.2. The first-order chi connectivity index (χ1) is 20.2. The maximum Gasteiger partial charge on any atom is 0.416 e. The fourth-order valence-corrected chi connectivity index (χ4v) is 6.41. The number of para-hydroxylation sites is 2. The van der Waals surface area contributed by atoms with Gasteiger partial charge >= 0.3 is 18.1 Å². The molecule has 0 saturated carbocycles. The molecule has 0 aromatic heterocycles. The van der Waals surface area contributed by atoms with Crippen molar-refractivity contribution in [3.8, 4) is 5.75 Å². The first-order valence-corrected chi connectivity index (χ1v) is 13.5. The van der Waals surface area contributed by atoms with Gasteiger partial charge < -0.3 is 18.9 Å². The molecule has 3 heterocycles. The number of nitrogens with one attached hydrogen (secondary N) is 1. The zero-order chi connectivity index (χ0) is 29.7. The van der Waals surface area contributed by atoms with Gasteiger partial charge in [-0.3, -0.25) is 5.32 Å². The monoisotopic (exact) mass is 580 g/mol. The number of benzene rings is 3. The number of carbonyl (C=O) groups is 2. The molecule has 0 bridgehead atoms. The lowest BCUT2D eigenvalue weighted by atomic mass is 9.67. The van der Waals surface area contributed by atoms with E-state index in [4.69, 9.17) is 18.9 Å². The molecule has 3 aliphatic rings. The molecule has 0 unspecified atom stereocenters. The van der Waals surface area contributed by atoms with Gasteiger partial charge in [0.2, 0.25) is 5.54 Å². The first kappa shape index (κ1) is 27.8. The van der Waals surface area contributed by atoms with E-state index in [2.05, 4.69) is 10.3 Å². The smallest absolute Gasteiger partial charge is 0.416 e. The van der Waals surface area contributed by atoms with Crippen molar-refractivity contribution in [2.45, 2.75) is 43.3 Å². The van der Waals surface area contributed by atoms with Crippen LogP contribution in [0.4, 0.5) is 18.9 Å². The predicted octanol–water partition coefficient (Wildman–Crippen LogP) is 5.55. The van der Waals surface area contributed by atoms with Crippen LogP contribution < -0.4 is 10.1 Å². The Labute approximate surface area is 239 Å². The summed E-state index contributed by atoms with van der Waals surface area (Å²) in [5.41, 5.74) is -1.57. The third-order valence-electron chi connectivity index (χ3n) is 7.99. The van der Waals surface area contributed by atoms with Crippen LogP contribution in [0.3, 0.4) is 0 Å². The van der Waals surface area contributed by atoms with Gasteiger partial charge in [-0.15, -0.1) is 0 Å². The summed E-state index contributed by atoms with van der Waals surface area (Å²) in [5, 5.41) is 3.21. The largest absolute Gasteiger partial charge is 0.464 e. The molecule has 6 rings (SSSR count). The van der Waals surface area contributed by atoms with Gasteiger partial charge in [-0.25, -0.2) is 14.6 Å². The van der Waals surface area contributed by atoms with Gasteiger partial charge in [0, 0.05) is 17.5 Å². The Balaban J connectivity index is 1.69. The fraction of sp³-hybridized carbons (Fsp3) is 0.323. The van der Waals surface area contributed by atoms with E-state index in [0.717, 1.165) is 12.1 Å². The number of aliphatic imine (C=N–C) groups is 1. The number of hydrogen-bond donors (Lipinski definition) is 1. The van der Waals surface area contributed by atoms with Crippen LogP contribution in [0, 0.1) is 5.92 Å². The lowest BCUT2D eigenvalue weighted by Gasteiger charge is -2.47. The van der Waals surface area contributed by atoms with Crippen molar-refractivity contribution in [2.24, 2.45) is 10.9 Å². The molecule has 3 aromatic carbocycles. The number of carbonyl (C=O) groups excluding carboxylic acids is 2. The van der Waals surface area contributed by atoms with Crippen LogP contribution >= 0.6 is 0 Å². The highest BCUT2D eigenvalue weighted by molar-refractivity contribution is 6.07. The summed E-state index contributed by atoms with van der Waals surface area (Å²) in [6.07, 6.45) is -3.48. The first-order valence-electron chi connectivity index (χ1n) is 13.5. The number of alkyl halides is 3. The zero-order valence-electron chi connectivity index (χ0n) is 22.7. The maximum atomic E-state index is 14.0. The normalized spacial score (nSPS) is 24.9. The van der Waals surface area contributed by atoms with E-state index in [1.54, 1.807) is 62.4 Å². The van der Waals surface area contributed by atoms with Crippen LogP contribution in [-0.2, 0) is 35.8 Å². The van der Waals surface area contributed by atoms with E-state index in [-0.39, 0.29) is 18.8 Å². The molecule has 1 saturated heterocycles. The van der Waals surface area contributed by atoms with E-state index in [0.29, 0.717) is 22.6 Å². The fourth-order valence-electron chi connectivity index (χ4n) is 6.41. The molecule has 218 valence electrons. The van der Waals surface area contributed by atoms with E-state index in [1.807, 2.05) is 0 Å². The molecule has 1 spiro atoms. The Kier molecular flexibility index (Phi) is 6.72. The average molecular weight is 581 g/mol. The van der Waals surface area contributed by atoms with Crippen LogP contribution in [0.5, 0.6) is 5.75 Å². The third kappa shape index (κ3) is 4.05. The lowest BCUT2D eigenvalue weighted by Crippen LogP contribution is -2.60. The van der Waals surface area contributed by atoms with Crippen molar-refractivity contribution in [3.05, 3.63) is 95.1 Å². The van der Waals surface area contributed by atoms with E-state index in [1.165, 1.54) is 18.5 Å². The molecule has 4 atom stereocenters. The topological polar surface area (TPSA) is 95.5 Å². The Morgan fingerprint density at radius 2 is 1.64 bits per heavy atom. The van der Waals surface area contributed by atoms with Gasteiger partial charge in [0.05, 0.1) is 35.9 Å². The molecule has 0 radical (unpaired) electrons. The van der Waals surface area contributed by atoms with Crippen LogP contribution in [0.1, 0.15) is 48.1 Å². The number of rotatable bonds is 5. The van der Waals surface area contributed by atoms with Crippen molar-refractivity contribution < 1.29 is 41.7 Å². The van der Waals surface area contributed by atoms with E-state index >= 15 is 0 Å².